The third-order valence-electron chi connectivity index (χ3n) is 5.71. The van der Waals surface area contributed by atoms with Crippen LogP contribution in [0.1, 0.15) is 38.2 Å². The number of benzene rings is 1. The van der Waals surface area contributed by atoms with Crippen molar-refractivity contribution in [2.24, 2.45) is 4.99 Å². The molecule has 0 aromatic heterocycles. The normalized spacial score (nSPS) is 19.8. The van der Waals surface area contributed by atoms with Gasteiger partial charge in [0.25, 0.3) is 0 Å². The van der Waals surface area contributed by atoms with E-state index in [-0.39, 0.29) is 29.4 Å². The van der Waals surface area contributed by atoms with Crippen molar-refractivity contribution in [3.05, 3.63) is 34.3 Å². The second-order valence-electron chi connectivity index (χ2n) is 7.74. The quantitative estimate of drug-likeness (QED) is 0.287. The molecule has 0 atom stereocenters. The minimum atomic E-state index is 0. The van der Waals surface area contributed by atoms with Crippen LogP contribution in [-0.2, 0) is 10.2 Å². The molecule has 1 saturated carbocycles. The van der Waals surface area contributed by atoms with Gasteiger partial charge in [0.15, 0.2) is 5.96 Å². The molecule has 0 radical (unpaired) electrons. The van der Waals surface area contributed by atoms with Crippen LogP contribution in [0, 0.1) is 0 Å². The molecular weight excluding hydrogens is 531 g/mol. The zero-order valence-corrected chi connectivity index (χ0v) is 21.0. The molecule has 0 amide bonds. The molecule has 28 heavy (non-hydrogen) atoms. The molecule has 7 heteroatoms. The van der Waals surface area contributed by atoms with Crippen LogP contribution >= 0.6 is 39.9 Å². The summed E-state index contributed by atoms with van der Waals surface area (Å²) in [4.78, 5) is 7.45. The number of piperidine rings is 1. The van der Waals surface area contributed by atoms with Gasteiger partial charge in [-0.3, -0.25) is 4.99 Å². The Morgan fingerprint density at radius 1 is 1.32 bits per heavy atom. The van der Waals surface area contributed by atoms with E-state index in [1.54, 1.807) is 7.11 Å². The first-order chi connectivity index (χ1) is 13.1. The molecular formula is C21H34BrIN4O. The van der Waals surface area contributed by atoms with Gasteiger partial charge in [-0.2, -0.15) is 0 Å². The summed E-state index contributed by atoms with van der Waals surface area (Å²) in [5.41, 5.74) is 1.64. The number of nitrogens with zero attached hydrogens (tertiary/aromatic N) is 2. The second-order valence-corrected chi connectivity index (χ2v) is 8.65. The summed E-state index contributed by atoms with van der Waals surface area (Å²) in [6.07, 6.45) is 4.77. The molecule has 1 aromatic rings. The highest BCUT2D eigenvalue weighted by atomic mass is 127. The number of aliphatic imine (C=N–C) groups is 1. The number of hydrogen-bond acceptors (Lipinski definition) is 3. The van der Waals surface area contributed by atoms with Gasteiger partial charge < -0.3 is 20.3 Å². The highest BCUT2D eigenvalue weighted by molar-refractivity contribution is 14.0. The highest BCUT2D eigenvalue weighted by Gasteiger charge is 2.44. The maximum atomic E-state index is 5.19. The van der Waals surface area contributed by atoms with E-state index in [9.17, 15) is 0 Å². The summed E-state index contributed by atoms with van der Waals surface area (Å²) in [5, 5.41) is 7.10. The SMILES string of the molecule is CCNC(=NCC1(c2cccc(Br)c2)CC1)NC1CCN(CCOC)CC1.I. The third-order valence-corrected chi connectivity index (χ3v) is 6.21. The van der Waals surface area contributed by atoms with Gasteiger partial charge in [0.1, 0.15) is 0 Å². The lowest BCUT2D eigenvalue weighted by Crippen LogP contribution is -2.49. The van der Waals surface area contributed by atoms with Crippen LogP contribution in [0.2, 0.25) is 0 Å². The molecule has 2 N–H and O–H groups in total. The molecule has 0 spiro atoms. The number of halogens is 2. The average Bonchev–Trinajstić information content (AvgIpc) is 3.47. The molecule has 2 aliphatic rings. The maximum absolute atomic E-state index is 5.19. The van der Waals surface area contributed by atoms with E-state index in [2.05, 4.69) is 62.7 Å². The fraction of sp³-hybridized carbons (Fsp3) is 0.667. The smallest absolute Gasteiger partial charge is 0.191 e. The number of ether oxygens (including phenoxy) is 1. The Labute approximate surface area is 195 Å². The van der Waals surface area contributed by atoms with E-state index in [4.69, 9.17) is 9.73 Å². The van der Waals surface area contributed by atoms with E-state index < -0.39 is 0 Å². The molecule has 1 aliphatic heterocycles. The van der Waals surface area contributed by atoms with Crippen LogP contribution in [0.15, 0.2) is 33.7 Å². The van der Waals surface area contributed by atoms with Gasteiger partial charge in [-0.1, -0.05) is 28.1 Å². The van der Waals surface area contributed by atoms with Crippen molar-refractivity contribution in [2.45, 2.75) is 44.1 Å². The van der Waals surface area contributed by atoms with Gasteiger partial charge in [-0.15, -0.1) is 24.0 Å². The molecule has 5 nitrogen and oxygen atoms in total. The largest absolute Gasteiger partial charge is 0.383 e. The van der Waals surface area contributed by atoms with Gasteiger partial charge in [-0.05, 0) is 50.3 Å². The van der Waals surface area contributed by atoms with Crippen LogP contribution < -0.4 is 10.6 Å². The number of likely N-dealkylation sites (tertiary alicyclic amines) is 1. The van der Waals surface area contributed by atoms with Crippen molar-refractivity contribution in [2.75, 3.05) is 46.4 Å². The van der Waals surface area contributed by atoms with Crippen molar-refractivity contribution in [3.63, 3.8) is 0 Å². The number of guanidine groups is 1. The number of hydrogen-bond donors (Lipinski definition) is 2. The highest BCUT2D eigenvalue weighted by Crippen LogP contribution is 2.48. The lowest BCUT2D eigenvalue weighted by atomic mass is 9.96. The Hall–Kier alpha value is -0.380. The van der Waals surface area contributed by atoms with Crippen molar-refractivity contribution in [1.82, 2.24) is 15.5 Å². The van der Waals surface area contributed by atoms with Gasteiger partial charge in [-0.25, -0.2) is 0 Å². The fourth-order valence-corrected chi connectivity index (χ4v) is 4.17. The first kappa shape index (κ1) is 23.9. The monoisotopic (exact) mass is 564 g/mol. The minimum absolute atomic E-state index is 0. The second kappa shape index (κ2) is 11.7. The van der Waals surface area contributed by atoms with Gasteiger partial charge in [0, 0.05) is 49.2 Å². The van der Waals surface area contributed by atoms with E-state index in [1.807, 2.05) is 0 Å². The number of methoxy groups -OCH3 is 1. The molecule has 1 saturated heterocycles. The van der Waals surface area contributed by atoms with Crippen molar-refractivity contribution < 1.29 is 4.74 Å². The zero-order valence-electron chi connectivity index (χ0n) is 17.0. The molecule has 2 fully saturated rings. The molecule has 1 aromatic carbocycles. The van der Waals surface area contributed by atoms with E-state index >= 15 is 0 Å². The summed E-state index contributed by atoms with van der Waals surface area (Å²) in [6.45, 7) is 7.98. The molecule has 3 rings (SSSR count). The van der Waals surface area contributed by atoms with Crippen molar-refractivity contribution in [3.8, 4) is 0 Å². The molecule has 1 aliphatic carbocycles. The Morgan fingerprint density at radius 3 is 2.68 bits per heavy atom. The summed E-state index contributed by atoms with van der Waals surface area (Å²) < 4.78 is 6.35. The van der Waals surface area contributed by atoms with Crippen LogP contribution in [0.25, 0.3) is 0 Å². The Kier molecular flexibility index (Phi) is 10.00. The van der Waals surface area contributed by atoms with E-state index in [0.29, 0.717) is 6.04 Å². The third kappa shape index (κ3) is 6.85. The van der Waals surface area contributed by atoms with E-state index in [0.717, 1.165) is 62.6 Å². The molecule has 0 bridgehead atoms. The predicted molar refractivity (Wildman–Crippen MR) is 131 cm³/mol. The zero-order chi connectivity index (χ0) is 19.1. The van der Waals surface area contributed by atoms with Gasteiger partial charge in [0.2, 0.25) is 0 Å². The van der Waals surface area contributed by atoms with Crippen molar-refractivity contribution in [1.29, 1.82) is 0 Å². The first-order valence-electron chi connectivity index (χ1n) is 10.2. The molecule has 1 heterocycles. The summed E-state index contributed by atoms with van der Waals surface area (Å²) in [5.74, 6) is 0.967. The Bertz CT molecular complexity index is 631. The number of nitrogens with one attached hydrogen (secondary N) is 2. The predicted octanol–water partition coefficient (Wildman–Crippen LogP) is 3.76. The standard InChI is InChI=1S/C21H33BrN4O.HI/c1-3-23-20(25-19-7-11-26(12-8-19)13-14-27-2)24-16-21(9-10-21)17-5-4-6-18(22)15-17;/h4-6,15,19H,3,7-14,16H2,1-2H3,(H2,23,24,25);1H. The fourth-order valence-electron chi connectivity index (χ4n) is 3.77. The number of rotatable bonds is 8. The maximum Gasteiger partial charge on any atom is 0.191 e. The summed E-state index contributed by atoms with van der Waals surface area (Å²) in [7, 11) is 1.77. The summed E-state index contributed by atoms with van der Waals surface area (Å²) >= 11 is 3.60. The molecule has 158 valence electrons. The minimum Gasteiger partial charge on any atom is -0.383 e. The van der Waals surface area contributed by atoms with Gasteiger partial charge in [0.05, 0.1) is 13.2 Å². The molecule has 0 unspecified atom stereocenters. The first-order valence-corrected chi connectivity index (χ1v) is 11.0. The summed E-state index contributed by atoms with van der Waals surface area (Å²) in [6, 6.07) is 9.21. The van der Waals surface area contributed by atoms with Gasteiger partial charge >= 0.3 is 0 Å². The lowest BCUT2D eigenvalue weighted by Gasteiger charge is -2.33. The van der Waals surface area contributed by atoms with Crippen LogP contribution in [0.3, 0.4) is 0 Å². The van der Waals surface area contributed by atoms with Crippen LogP contribution in [-0.4, -0.2) is 63.3 Å². The average molecular weight is 565 g/mol. The topological polar surface area (TPSA) is 48.9 Å². The van der Waals surface area contributed by atoms with Crippen LogP contribution in [0.5, 0.6) is 0 Å². The Balaban J connectivity index is 0.00000280. The van der Waals surface area contributed by atoms with Crippen LogP contribution in [0.4, 0.5) is 0 Å². The van der Waals surface area contributed by atoms with E-state index in [1.165, 1.54) is 18.4 Å². The van der Waals surface area contributed by atoms with Crippen molar-refractivity contribution >= 4 is 45.9 Å². The lowest BCUT2D eigenvalue weighted by molar-refractivity contribution is 0.128. The Morgan fingerprint density at radius 2 is 2.07 bits per heavy atom.